The Labute approximate surface area is 182 Å². The first-order valence-electron chi connectivity index (χ1n) is 9.88. The van der Waals surface area contributed by atoms with Gasteiger partial charge in [0.1, 0.15) is 5.75 Å². The molecule has 3 N–H and O–H groups in total. The predicted molar refractivity (Wildman–Crippen MR) is 120 cm³/mol. The minimum absolute atomic E-state index is 0.139. The zero-order chi connectivity index (χ0) is 21.9. The van der Waals surface area contributed by atoms with E-state index >= 15 is 0 Å². The molecule has 0 unspecified atom stereocenters. The zero-order valence-corrected chi connectivity index (χ0v) is 18.4. The number of ether oxygens (including phenoxy) is 1. The second-order valence-corrected chi connectivity index (χ2v) is 7.49. The van der Waals surface area contributed by atoms with Crippen molar-refractivity contribution in [3.63, 3.8) is 0 Å². The first kappa shape index (κ1) is 23.5. The second kappa shape index (κ2) is 12.0. The lowest BCUT2D eigenvalue weighted by Crippen LogP contribution is -2.31. The van der Waals surface area contributed by atoms with E-state index in [1.807, 2.05) is 32.0 Å². The number of halogens is 1. The van der Waals surface area contributed by atoms with E-state index in [9.17, 15) is 9.59 Å². The molecule has 0 bridgehead atoms. The molecule has 7 nitrogen and oxygen atoms in total. The van der Waals surface area contributed by atoms with E-state index in [0.29, 0.717) is 35.2 Å². The number of carbonyl (C=O) groups excluding carboxylic acids is 2. The molecule has 2 aromatic carbocycles. The van der Waals surface area contributed by atoms with Crippen LogP contribution in [0.3, 0.4) is 0 Å². The van der Waals surface area contributed by atoms with Gasteiger partial charge in [0.15, 0.2) is 0 Å². The first-order chi connectivity index (χ1) is 14.4. The van der Waals surface area contributed by atoms with Crippen molar-refractivity contribution in [1.29, 1.82) is 0 Å². The molecule has 162 valence electrons. The van der Waals surface area contributed by atoms with Crippen LogP contribution in [0.1, 0.15) is 29.3 Å². The third-order valence-electron chi connectivity index (χ3n) is 4.14. The van der Waals surface area contributed by atoms with Gasteiger partial charge in [-0.1, -0.05) is 30.7 Å². The summed E-state index contributed by atoms with van der Waals surface area (Å²) >= 11 is 6.04. The summed E-state index contributed by atoms with van der Waals surface area (Å²) in [4.78, 5) is 26.6. The van der Waals surface area contributed by atoms with Crippen molar-refractivity contribution in [2.75, 3.05) is 39.1 Å². The number of hydrogen-bond acceptors (Lipinski definition) is 4. The molecule has 0 aromatic heterocycles. The Balaban J connectivity index is 1.92. The number of urea groups is 1. The highest BCUT2D eigenvalue weighted by molar-refractivity contribution is 6.31. The van der Waals surface area contributed by atoms with Gasteiger partial charge in [0.2, 0.25) is 0 Å². The van der Waals surface area contributed by atoms with E-state index in [1.54, 1.807) is 36.4 Å². The third-order valence-corrected chi connectivity index (χ3v) is 4.37. The van der Waals surface area contributed by atoms with E-state index in [4.69, 9.17) is 16.3 Å². The van der Waals surface area contributed by atoms with Gasteiger partial charge in [0, 0.05) is 30.2 Å². The number of carbonyl (C=O) groups is 2. The topological polar surface area (TPSA) is 82.7 Å². The molecule has 0 radical (unpaired) electrons. The minimum Gasteiger partial charge on any atom is -0.491 e. The van der Waals surface area contributed by atoms with Gasteiger partial charge in [-0.3, -0.25) is 4.79 Å². The largest absolute Gasteiger partial charge is 0.491 e. The minimum atomic E-state index is -0.389. The van der Waals surface area contributed by atoms with E-state index in [1.165, 1.54) is 0 Å². The maximum absolute atomic E-state index is 12.3. The van der Waals surface area contributed by atoms with Crippen molar-refractivity contribution in [3.8, 4) is 5.75 Å². The van der Waals surface area contributed by atoms with E-state index in [-0.39, 0.29) is 18.5 Å². The Morgan fingerprint density at radius 1 is 1.10 bits per heavy atom. The van der Waals surface area contributed by atoms with Gasteiger partial charge < -0.3 is 25.6 Å². The molecule has 3 amide bonds. The number of nitrogens with one attached hydrogen (secondary N) is 3. The lowest BCUT2D eigenvalue weighted by molar-refractivity contribution is 0.0951. The average molecular weight is 433 g/mol. The van der Waals surface area contributed by atoms with Gasteiger partial charge in [-0.05, 0) is 56.4 Å². The summed E-state index contributed by atoms with van der Waals surface area (Å²) < 4.78 is 5.65. The molecule has 0 fully saturated rings. The van der Waals surface area contributed by atoms with Gasteiger partial charge in [0.05, 0.1) is 12.3 Å². The highest BCUT2D eigenvalue weighted by Gasteiger charge is 2.10. The monoisotopic (exact) mass is 432 g/mol. The summed E-state index contributed by atoms with van der Waals surface area (Å²) in [7, 11) is 3.90. The first-order valence-corrected chi connectivity index (χ1v) is 10.3. The molecule has 0 aliphatic heterocycles. The Morgan fingerprint density at radius 2 is 1.90 bits per heavy atom. The summed E-state index contributed by atoms with van der Waals surface area (Å²) in [5, 5.41) is 8.93. The third kappa shape index (κ3) is 7.93. The standard InChI is InChI=1S/C22H29ClN4O3/c1-4-12-30-20-9-8-18(23)14-19(20)26-22(29)25-15-16-6-5-7-17(13-16)21(28)24-10-11-27(2)3/h5-9,13-14H,4,10-12,15H2,1-3H3,(H,24,28)(H2,25,26,29). The summed E-state index contributed by atoms with van der Waals surface area (Å²) in [5.41, 5.74) is 1.87. The SMILES string of the molecule is CCCOc1ccc(Cl)cc1NC(=O)NCc1cccc(C(=O)NCCN(C)C)c1. The number of nitrogens with zero attached hydrogens (tertiary/aromatic N) is 1. The van der Waals surface area contributed by atoms with Crippen molar-refractivity contribution in [2.24, 2.45) is 0 Å². The number of amides is 3. The fraction of sp³-hybridized carbons (Fsp3) is 0.364. The smallest absolute Gasteiger partial charge is 0.319 e. The molecule has 0 saturated carbocycles. The van der Waals surface area contributed by atoms with Gasteiger partial charge in [-0.2, -0.15) is 0 Å². The van der Waals surface area contributed by atoms with Gasteiger partial charge >= 0.3 is 6.03 Å². The van der Waals surface area contributed by atoms with Crippen molar-refractivity contribution < 1.29 is 14.3 Å². The van der Waals surface area contributed by atoms with Crippen LogP contribution in [0, 0.1) is 0 Å². The van der Waals surface area contributed by atoms with Crippen LogP contribution < -0.4 is 20.7 Å². The molecule has 2 rings (SSSR count). The van der Waals surface area contributed by atoms with Crippen LogP contribution in [0.25, 0.3) is 0 Å². The molecule has 0 aliphatic carbocycles. The molecular weight excluding hydrogens is 404 g/mol. The average Bonchev–Trinajstić information content (AvgIpc) is 2.71. The molecular formula is C22H29ClN4O3. The van der Waals surface area contributed by atoms with Crippen LogP contribution in [0.2, 0.25) is 5.02 Å². The number of anilines is 1. The van der Waals surface area contributed by atoms with Crippen LogP contribution in [0.4, 0.5) is 10.5 Å². The van der Waals surface area contributed by atoms with Crippen LogP contribution in [0.15, 0.2) is 42.5 Å². The molecule has 8 heteroatoms. The maximum Gasteiger partial charge on any atom is 0.319 e. The Morgan fingerprint density at radius 3 is 2.63 bits per heavy atom. The van der Waals surface area contributed by atoms with Crippen LogP contribution >= 0.6 is 11.6 Å². The highest BCUT2D eigenvalue weighted by atomic mass is 35.5. The van der Waals surface area contributed by atoms with E-state index < -0.39 is 0 Å². The summed E-state index contributed by atoms with van der Waals surface area (Å²) in [6.45, 7) is 4.16. The second-order valence-electron chi connectivity index (χ2n) is 7.06. The van der Waals surface area contributed by atoms with Crippen molar-refractivity contribution >= 4 is 29.2 Å². The Kier molecular flexibility index (Phi) is 9.44. The molecule has 0 aliphatic rings. The normalized spacial score (nSPS) is 10.6. The fourth-order valence-corrected chi connectivity index (χ4v) is 2.78. The summed E-state index contributed by atoms with van der Waals surface area (Å²) in [6, 6.07) is 11.9. The molecule has 30 heavy (non-hydrogen) atoms. The molecule has 2 aromatic rings. The van der Waals surface area contributed by atoms with E-state index in [2.05, 4.69) is 16.0 Å². The van der Waals surface area contributed by atoms with Crippen molar-refractivity contribution in [3.05, 3.63) is 58.6 Å². The highest BCUT2D eigenvalue weighted by Crippen LogP contribution is 2.28. The van der Waals surface area contributed by atoms with Crippen LogP contribution in [0.5, 0.6) is 5.75 Å². The van der Waals surface area contributed by atoms with Crippen molar-refractivity contribution in [2.45, 2.75) is 19.9 Å². The number of likely N-dealkylation sites (N-methyl/N-ethyl adjacent to an activating group) is 1. The van der Waals surface area contributed by atoms with E-state index in [0.717, 1.165) is 18.5 Å². The Hall–Kier alpha value is -2.77. The van der Waals surface area contributed by atoms with Gasteiger partial charge in [-0.25, -0.2) is 4.79 Å². The maximum atomic E-state index is 12.3. The van der Waals surface area contributed by atoms with Gasteiger partial charge in [0.25, 0.3) is 5.91 Å². The predicted octanol–water partition coefficient (Wildman–Crippen LogP) is 3.74. The van der Waals surface area contributed by atoms with Crippen molar-refractivity contribution in [1.82, 2.24) is 15.5 Å². The quantitative estimate of drug-likeness (QED) is 0.534. The molecule has 0 spiro atoms. The van der Waals surface area contributed by atoms with Crippen LogP contribution in [-0.4, -0.2) is 50.6 Å². The lowest BCUT2D eigenvalue weighted by Gasteiger charge is -2.13. The summed E-state index contributed by atoms with van der Waals surface area (Å²) in [5.74, 6) is 0.424. The lowest BCUT2D eigenvalue weighted by atomic mass is 10.1. The molecule has 0 atom stereocenters. The molecule has 0 heterocycles. The van der Waals surface area contributed by atoms with Crippen LogP contribution in [-0.2, 0) is 6.54 Å². The summed E-state index contributed by atoms with van der Waals surface area (Å²) in [6.07, 6.45) is 0.854. The number of hydrogen-bond donors (Lipinski definition) is 3. The Bertz CT molecular complexity index is 858. The number of rotatable bonds is 10. The van der Waals surface area contributed by atoms with Gasteiger partial charge in [-0.15, -0.1) is 0 Å². The fourth-order valence-electron chi connectivity index (χ4n) is 2.60. The zero-order valence-electron chi connectivity index (χ0n) is 17.6. The number of benzene rings is 2. The molecule has 0 saturated heterocycles.